The van der Waals surface area contributed by atoms with E-state index in [1.165, 1.54) is 64.2 Å². The summed E-state index contributed by atoms with van der Waals surface area (Å²) in [4.78, 5) is 37.9. The molecule has 0 aromatic heterocycles. The molecular weight excluding hydrogens is 757 g/mol. The molecule has 0 N–H and O–H groups in total. The molecule has 0 radical (unpaired) electrons. The zero-order valence-electron chi connectivity index (χ0n) is 39.7. The molecule has 0 heterocycles. The molecule has 348 valence electrons. The van der Waals surface area contributed by atoms with Crippen LogP contribution in [0.1, 0.15) is 226 Å². The summed E-state index contributed by atoms with van der Waals surface area (Å²) in [5.74, 6) is -0.927. The molecule has 0 saturated carbocycles. The second-order valence-electron chi connectivity index (χ2n) is 16.3. The molecule has 0 aliphatic rings. The summed E-state index contributed by atoms with van der Waals surface area (Å²) in [6.45, 7) is 6.36. The van der Waals surface area contributed by atoms with E-state index in [1.54, 1.807) is 0 Å². The highest BCUT2D eigenvalue weighted by Crippen LogP contribution is 2.14. The molecule has 0 aromatic rings. The first-order valence-corrected chi connectivity index (χ1v) is 25.1. The van der Waals surface area contributed by atoms with E-state index >= 15 is 0 Å². The van der Waals surface area contributed by atoms with Crippen molar-refractivity contribution in [1.82, 2.24) is 0 Å². The van der Waals surface area contributed by atoms with E-state index < -0.39 is 6.10 Å². The van der Waals surface area contributed by atoms with Gasteiger partial charge in [0.05, 0.1) is 0 Å². The van der Waals surface area contributed by atoms with Crippen molar-refractivity contribution in [3.63, 3.8) is 0 Å². The molecule has 1 unspecified atom stereocenters. The highest BCUT2D eigenvalue weighted by molar-refractivity contribution is 5.71. The van der Waals surface area contributed by atoms with Crippen LogP contribution in [-0.2, 0) is 28.6 Å². The van der Waals surface area contributed by atoms with Crippen LogP contribution in [-0.4, -0.2) is 37.2 Å². The Labute approximate surface area is 375 Å². The minimum Gasteiger partial charge on any atom is -0.462 e. The van der Waals surface area contributed by atoms with E-state index in [0.29, 0.717) is 19.3 Å². The van der Waals surface area contributed by atoms with Crippen LogP contribution < -0.4 is 0 Å². The maximum absolute atomic E-state index is 12.8. The van der Waals surface area contributed by atoms with Gasteiger partial charge in [0, 0.05) is 19.3 Å². The third kappa shape index (κ3) is 47.5. The van der Waals surface area contributed by atoms with Gasteiger partial charge < -0.3 is 14.2 Å². The number of allylic oxidation sites excluding steroid dienone is 14. The molecule has 6 nitrogen and oxygen atoms in total. The van der Waals surface area contributed by atoms with Gasteiger partial charge in [0.1, 0.15) is 13.2 Å². The highest BCUT2D eigenvalue weighted by Gasteiger charge is 2.19. The van der Waals surface area contributed by atoms with Gasteiger partial charge in [-0.25, -0.2) is 0 Å². The van der Waals surface area contributed by atoms with Gasteiger partial charge in [-0.3, -0.25) is 14.4 Å². The Balaban J connectivity index is 4.40. The molecule has 1 atom stereocenters. The Bertz CT molecular complexity index is 1200. The lowest BCUT2D eigenvalue weighted by molar-refractivity contribution is -0.167. The van der Waals surface area contributed by atoms with E-state index in [2.05, 4.69) is 106 Å². The minimum absolute atomic E-state index is 0.0882. The van der Waals surface area contributed by atoms with Crippen LogP contribution in [0, 0.1) is 0 Å². The normalized spacial score (nSPS) is 12.8. The van der Waals surface area contributed by atoms with Crippen molar-refractivity contribution < 1.29 is 28.6 Å². The largest absolute Gasteiger partial charge is 0.462 e. The summed E-state index contributed by atoms with van der Waals surface area (Å²) in [5, 5.41) is 0. The SMILES string of the molecule is CC/C=C\C/C=C\C/C=C\C/C=C\CCCCCCC(=O)OCC(COC(=O)CCCCCCCCCCC)OC(=O)CCCCCCCCC/C=C\C/C=C\C/C=C\CC. The van der Waals surface area contributed by atoms with Crippen molar-refractivity contribution in [2.24, 2.45) is 0 Å². The van der Waals surface area contributed by atoms with Gasteiger partial charge in [-0.05, 0) is 89.9 Å². The third-order valence-corrected chi connectivity index (χ3v) is 10.4. The fraction of sp³-hybridized carbons (Fsp3) is 0.691. The van der Waals surface area contributed by atoms with Gasteiger partial charge in [-0.15, -0.1) is 0 Å². The molecule has 0 saturated heterocycles. The highest BCUT2D eigenvalue weighted by atomic mass is 16.6. The van der Waals surface area contributed by atoms with Crippen molar-refractivity contribution in [3.8, 4) is 0 Å². The first-order valence-electron chi connectivity index (χ1n) is 25.1. The average molecular weight is 849 g/mol. The minimum atomic E-state index is -0.789. The maximum atomic E-state index is 12.8. The average Bonchev–Trinajstić information content (AvgIpc) is 3.26. The zero-order valence-corrected chi connectivity index (χ0v) is 39.7. The first kappa shape index (κ1) is 57.6. The van der Waals surface area contributed by atoms with Crippen LogP contribution in [0.5, 0.6) is 0 Å². The number of esters is 3. The number of rotatable bonds is 44. The van der Waals surface area contributed by atoms with Crippen LogP contribution in [0.25, 0.3) is 0 Å². The van der Waals surface area contributed by atoms with Gasteiger partial charge in [-0.2, -0.15) is 0 Å². The Morgan fingerprint density at radius 1 is 0.344 bits per heavy atom. The first-order chi connectivity index (χ1) is 30.0. The predicted octanol–water partition coefficient (Wildman–Crippen LogP) is 16.4. The number of carbonyl (C=O) groups is 3. The fourth-order valence-corrected chi connectivity index (χ4v) is 6.68. The van der Waals surface area contributed by atoms with Gasteiger partial charge in [0.25, 0.3) is 0 Å². The summed E-state index contributed by atoms with van der Waals surface area (Å²) in [5.41, 5.74) is 0. The van der Waals surface area contributed by atoms with E-state index in [-0.39, 0.29) is 31.1 Å². The Hall–Kier alpha value is -3.41. The molecule has 0 fully saturated rings. The smallest absolute Gasteiger partial charge is 0.306 e. The molecule has 6 heteroatoms. The summed E-state index contributed by atoms with van der Waals surface area (Å²) >= 11 is 0. The molecule has 0 bridgehead atoms. The maximum Gasteiger partial charge on any atom is 0.306 e. The van der Waals surface area contributed by atoms with Crippen molar-refractivity contribution in [2.45, 2.75) is 232 Å². The molecule has 0 aliphatic carbocycles. The Morgan fingerprint density at radius 3 is 1.00 bits per heavy atom. The van der Waals surface area contributed by atoms with E-state index in [0.717, 1.165) is 122 Å². The summed E-state index contributed by atoms with van der Waals surface area (Å²) < 4.78 is 16.7. The standard InChI is InChI=1S/C55H92O6/c1-4-7-10-13-16-19-21-23-25-27-29-31-33-36-39-42-45-48-54(57)60-51-52(50-59-53(56)47-44-41-38-35-18-15-12-9-6-3)61-55(58)49-46-43-40-37-34-32-30-28-26-24-22-20-17-14-11-8-5-2/h7-8,10-11,16-17,19-20,23-26,29,31,52H,4-6,9,12-15,18,21-22,27-28,30,32-51H2,1-3H3/b10-7-,11-8-,19-16-,20-17-,25-23-,26-24-,31-29-. The number of hydrogen-bond acceptors (Lipinski definition) is 6. The van der Waals surface area contributed by atoms with Crippen LogP contribution in [0.2, 0.25) is 0 Å². The predicted molar refractivity (Wildman–Crippen MR) is 261 cm³/mol. The van der Waals surface area contributed by atoms with E-state index in [4.69, 9.17) is 14.2 Å². The molecule has 0 rings (SSSR count). The number of carbonyl (C=O) groups excluding carboxylic acids is 3. The Morgan fingerprint density at radius 2 is 0.639 bits per heavy atom. The summed E-state index contributed by atoms with van der Waals surface area (Å²) in [6.07, 6.45) is 62.8. The van der Waals surface area contributed by atoms with Crippen molar-refractivity contribution in [2.75, 3.05) is 13.2 Å². The molecule has 0 spiro atoms. The monoisotopic (exact) mass is 849 g/mol. The fourth-order valence-electron chi connectivity index (χ4n) is 6.68. The number of hydrogen-bond donors (Lipinski definition) is 0. The lowest BCUT2D eigenvalue weighted by atomic mass is 10.1. The van der Waals surface area contributed by atoms with Crippen LogP contribution in [0.3, 0.4) is 0 Å². The van der Waals surface area contributed by atoms with Crippen molar-refractivity contribution in [1.29, 1.82) is 0 Å². The van der Waals surface area contributed by atoms with Gasteiger partial charge in [0.2, 0.25) is 0 Å². The number of ether oxygens (including phenoxy) is 3. The number of unbranched alkanes of at least 4 members (excludes halogenated alkanes) is 19. The third-order valence-electron chi connectivity index (χ3n) is 10.4. The van der Waals surface area contributed by atoms with Gasteiger partial charge >= 0.3 is 17.9 Å². The zero-order chi connectivity index (χ0) is 44.4. The van der Waals surface area contributed by atoms with Crippen LogP contribution in [0.4, 0.5) is 0 Å². The lowest BCUT2D eigenvalue weighted by Crippen LogP contribution is -2.30. The molecule has 0 amide bonds. The van der Waals surface area contributed by atoms with Crippen molar-refractivity contribution >= 4 is 17.9 Å². The molecule has 0 aromatic carbocycles. The van der Waals surface area contributed by atoms with Crippen LogP contribution in [0.15, 0.2) is 85.1 Å². The van der Waals surface area contributed by atoms with Gasteiger partial charge in [-0.1, -0.05) is 202 Å². The summed E-state index contributed by atoms with van der Waals surface area (Å²) in [7, 11) is 0. The second kappa shape index (κ2) is 49.2. The Kier molecular flexibility index (Phi) is 46.5. The van der Waals surface area contributed by atoms with E-state index in [1.807, 2.05) is 0 Å². The topological polar surface area (TPSA) is 78.9 Å². The van der Waals surface area contributed by atoms with E-state index in [9.17, 15) is 14.4 Å². The molecule has 61 heavy (non-hydrogen) atoms. The second-order valence-corrected chi connectivity index (χ2v) is 16.3. The molecular formula is C55H92O6. The van der Waals surface area contributed by atoms with Crippen molar-refractivity contribution in [3.05, 3.63) is 85.1 Å². The molecule has 0 aliphatic heterocycles. The van der Waals surface area contributed by atoms with Crippen LogP contribution >= 0.6 is 0 Å². The lowest BCUT2D eigenvalue weighted by Gasteiger charge is -2.18. The quantitative estimate of drug-likeness (QED) is 0.0263. The summed E-state index contributed by atoms with van der Waals surface area (Å²) in [6, 6.07) is 0. The van der Waals surface area contributed by atoms with Gasteiger partial charge in [0.15, 0.2) is 6.10 Å².